The Bertz CT molecular complexity index is 425. The van der Waals surface area contributed by atoms with Crippen LogP contribution in [0.2, 0.25) is 0 Å². The van der Waals surface area contributed by atoms with Gasteiger partial charge in [-0.3, -0.25) is 0 Å². The van der Waals surface area contributed by atoms with Crippen LogP contribution >= 0.6 is 15.9 Å². The van der Waals surface area contributed by atoms with Crippen LogP contribution in [0.25, 0.3) is 0 Å². The number of benzene rings is 1. The van der Waals surface area contributed by atoms with Crippen LogP contribution in [0.15, 0.2) is 22.7 Å². The van der Waals surface area contributed by atoms with Gasteiger partial charge in [0.25, 0.3) is 0 Å². The molecule has 0 aliphatic heterocycles. The number of hydrogen-bond donors (Lipinski definition) is 1. The largest absolute Gasteiger partial charge is 0.496 e. The zero-order valence-corrected chi connectivity index (χ0v) is 15.3. The van der Waals surface area contributed by atoms with Crippen LogP contribution in [-0.2, 0) is 11.2 Å². The fraction of sp³-hybridized carbons (Fsp3) is 0.647. The molecule has 1 N–H and O–H groups in total. The molecule has 0 aliphatic carbocycles. The van der Waals surface area contributed by atoms with Gasteiger partial charge in [0.15, 0.2) is 0 Å². The van der Waals surface area contributed by atoms with E-state index in [2.05, 4.69) is 41.2 Å². The van der Waals surface area contributed by atoms with Crippen LogP contribution in [0, 0.1) is 5.41 Å². The Hall–Kier alpha value is -0.580. The molecule has 0 bridgehead atoms. The van der Waals surface area contributed by atoms with Gasteiger partial charge in [0, 0.05) is 24.7 Å². The van der Waals surface area contributed by atoms with Crippen LogP contribution < -0.4 is 10.1 Å². The maximum atomic E-state index is 5.51. The van der Waals surface area contributed by atoms with Crippen LogP contribution in [0.3, 0.4) is 0 Å². The lowest BCUT2D eigenvalue weighted by molar-refractivity contribution is 0.189. The Morgan fingerprint density at radius 2 is 2.05 bits per heavy atom. The van der Waals surface area contributed by atoms with Gasteiger partial charge in [-0.2, -0.15) is 0 Å². The van der Waals surface area contributed by atoms with E-state index in [4.69, 9.17) is 9.47 Å². The molecule has 0 fully saturated rings. The van der Waals surface area contributed by atoms with E-state index in [-0.39, 0.29) is 5.41 Å². The van der Waals surface area contributed by atoms with Crippen LogP contribution in [0.5, 0.6) is 5.75 Å². The number of nitrogens with one attached hydrogen (secondary N) is 1. The lowest BCUT2D eigenvalue weighted by Gasteiger charge is -2.30. The summed E-state index contributed by atoms with van der Waals surface area (Å²) in [4.78, 5) is 0. The highest BCUT2D eigenvalue weighted by Crippen LogP contribution is 2.33. The average molecular weight is 358 g/mol. The Kier molecular flexibility index (Phi) is 8.30. The highest BCUT2D eigenvalue weighted by Gasteiger charge is 2.25. The van der Waals surface area contributed by atoms with E-state index >= 15 is 0 Å². The first kappa shape index (κ1) is 18.5. The molecule has 120 valence electrons. The molecule has 1 unspecified atom stereocenters. The van der Waals surface area contributed by atoms with Gasteiger partial charge in [0.1, 0.15) is 5.75 Å². The molecule has 1 atom stereocenters. The third-order valence-electron chi connectivity index (χ3n) is 3.75. The van der Waals surface area contributed by atoms with Gasteiger partial charge in [-0.25, -0.2) is 0 Å². The highest BCUT2D eigenvalue weighted by molar-refractivity contribution is 9.10. The average Bonchev–Trinajstić information content (AvgIpc) is 2.44. The van der Waals surface area contributed by atoms with Gasteiger partial charge < -0.3 is 14.8 Å². The second-order valence-corrected chi connectivity index (χ2v) is 6.78. The monoisotopic (exact) mass is 357 g/mol. The standard InChI is InChI=1S/C17H28BrNO2/c1-5-8-17(2,13-19-9-10-20-3)12-14-11-15(18)6-7-16(14)21-4/h6-7,11,19H,5,8-10,12-13H2,1-4H3. The van der Waals surface area contributed by atoms with Crippen molar-refractivity contribution in [1.29, 1.82) is 0 Å². The molecule has 21 heavy (non-hydrogen) atoms. The lowest BCUT2D eigenvalue weighted by atomic mass is 9.79. The van der Waals surface area contributed by atoms with Crippen molar-refractivity contribution in [3.8, 4) is 5.75 Å². The first-order valence-electron chi connectivity index (χ1n) is 7.56. The van der Waals surface area contributed by atoms with Crippen LogP contribution in [0.4, 0.5) is 0 Å². The predicted molar refractivity (Wildman–Crippen MR) is 92.2 cm³/mol. The van der Waals surface area contributed by atoms with Crippen molar-refractivity contribution in [2.75, 3.05) is 33.9 Å². The fourth-order valence-electron chi connectivity index (χ4n) is 2.75. The van der Waals surface area contributed by atoms with Gasteiger partial charge in [0.2, 0.25) is 0 Å². The topological polar surface area (TPSA) is 30.5 Å². The van der Waals surface area contributed by atoms with Crippen molar-refractivity contribution < 1.29 is 9.47 Å². The zero-order chi connectivity index (χ0) is 15.7. The molecule has 0 saturated heterocycles. The molecule has 1 rings (SSSR count). The van der Waals surface area contributed by atoms with Crippen molar-refractivity contribution in [3.63, 3.8) is 0 Å². The van der Waals surface area contributed by atoms with E-state index in [9.17, 15) is 0 Å². The van der Waals surface area contributed by atoms with Gasteiger partial charge in [-0.1, -0.05) is 36.2 Å². The molecule has 0 spiro atoms. The van der Waals surface area contributed by atoms with Gasteiger partial charge >= 0.3 is 0 Å². The van der Waals surface area contributed by atoms with Crippen molar-refractivity contribution in [2.45, 2.75) is 33.1 Å². The van der Waals surface area contributed by atoms with Crippen LogP contribution in [-0.4, -0.2) is 33.9 Å². The maximum absolute atomic E-state index is 5.51. The second kappa shape index (κ2) is 9.44. The third-order valence-corrected chi connectivity index (χ3v) is 4.24. The van der Waals surface area contributed by atoms with Crippen molar-refractivity contribution in [3.05, 3.63) is 28.2 Å². The highest BCUT2D eigenvalue weighted by atomic mass is 79.9. The number of rotatable bonds is 10. The summed E-state index contributed by atoms with van der Waals surface area (Å²) in [6.07, 6.45) is 3.37. The van der Waals surface area contributed by atoms with E-state index in [0.717, 1.165) is 36.3 Å². The molecule has 0 aromatic heterocycles. The summed E-state index contributed by atoms with van der Waals surface area (Å²) in [6.45, 7) is 7.22. The molecular weight excluding hydrogens is 330 g/mol. The summed E-state index contributed by atoms with van der Waals surface area (Å²) >= 11 is 3.56. The molecule has 3 nitrogen and oxygen atoms in total. The Labute approximate surface area is 137 Å². The Balaban J connectivity index is 2.78. The molecular formula is C17H28BrNO2. The molecule has 0 amide bonds. The van der Waals surface area contributed by atoms with Gasteiger partial charge in [-0.05, 0) is 42.0 Å². The third kappa shape index (κ3) is 6.37. The van der Waals surface area contributed by atoms with E-state index < -0.39 is 0 Å². The first-order chi connectivity index (χ1) is 10.0. The molecule has 1 aromatic carbocycles. The molecule has 0 saturated carbocycles. The summed E-state index contributed by atoms with van der Waals surface area (Å²) in [7, 11) is 3.47. The molecule has 0 radical (unpaired) electrons. The van der Waals surface area contributed by atoms with E-state index in [1.807, 2.05) is 12.1 Å². The summed E-state index contributed by atoms with van der Waals surface area (Å²) in [6, 6.07) is 6.22. The minimum absolute atomic E-state index is 0.219. The van der Waals surface area contributed by atoms with Crippen molar-refractivity contribution in [2.24, 2.45) is 5.41 Å². The predicted octanol–water partition coefficient (Wildman–Crippen LogP) is 4.04. The molecule has 0 aliphatic rings. The first-order valence-corrected chi connectivity index (χ1v) is 8.36. The van der Waals surface area contributed by atoms with E-state index in [0.29, 0.717) is 0 Å². The van der Waals surface area contributed by atoms with Gasteiger partial charge in [0.05, 0.1) is 13.7 Å². The molecule has 1 aromatic rings. The molecule has 0 heterocycles. The van der Waals surface area contributed by atoms with Crippen molar-refractivity contribution >= 4 is 15.9 Å². The quantitative estimate of drug-likeness (QED) is 0.641. The van der Waals surface area contributed by atoms with E-state index in [1.54, 1.807) is 14.2 Å². The summed E-state index contributed by atoms with van der Waals surface area (Å²) in [5.74, 6) is 0.970. The Morgan fingerprint density at radius 1 is 1.29 bits per heavy atom. The number of hydrogen-bond acceptors (Lipinski definition) is 3. The summed E-state index contributed by atoms with van der Waals surface area (Å²) < 4.78 is 11.7. The number of halogens is 1. The summed E-state index contributed by atoms with van der Waals surface area (Å²) in [5.41, 5.74) is 1.48. The normalized spacial score (nSPS) is 14.0. The second-order valence-electron chi connectivity index (χ2n) is 5.86. The SMILES string of the molecule is CCCC(C)(CNCCOC)Cc1cc(Br)ccc1OC. The minimum atomic E-state index is 0.219. The lowest BCUT2D eigenvalue weighted by Crippen LogP contribution is -2.35. The van der Waals surface area contributed by atoms with E-state index in [1.165, 1.54) is 18.4 Å². The Morgan fingerprint density at radius 3 is 2.67 bits per heavy atom. The molecule has 4 heteroatoms. The smallest absolute Gasteiger partial charge is 0.122 e. The number of methoxy groups -OCH3 is 2. The van der Waals surface area contributed by atoms with Crippen molar-refractivity contribution in [1.82, 2.24) is 5.32 Å². The zero-order valence-electron chi connectivity index (χ0n) is 13.7. The maximum Gasteiger partial charge on any atom is 0.122 e. The minimum Gasteiger partial charge on any atom is -0.496 e. The van der Waals surface area contributed by atoms with Crippen LogP contribution in [0.1, 0.15) is 32.3 Å². The van der Waals surface area contributed by atoms with Gasteiger partial charge in [-0.15, -0.1) is 0 Å². The summed E-state index contributed by atoms with van der Waals surface area (Å²) in [5, 5.41) is 3.51. The fourth-order valence-corrected chi connectivity index (χ4v) is 3.16. The number of ether oxygens (including phenoxy) is 2.